The number of carboxylic acids is 1. The number of aromatic nitrogens is 3. The number of hydrogen-bond donors (Lipinski definition) is 2. The summed E-state index contributed by atoms with van der Waals surface area (Å²) >= 11 is 1.07. The Hall–Kier alpha value is -3.79. The minimum Gasteiger partial charge on any atom is -0.478 e. The Morgan fingerprint density at radius 1 is 1.24 bits per heavy atom. The van der Waals surface area contributed by atoms with Crippen LogP contribution < -0.4 is 10.9 Å². The average molecular weight is 410 g/mol. The number of hydrogen-bond acceptors (Lipinski definition) is 7. The molecule has 0 atom stereocenters. The smallest absolute Gasteiger partial charge is 0.337 e. The maximum atomic E-state index is 13.1. The van der Waals surface area contributed by atoms with Crippen LogP contribution in [0.25, 0.3) is 21.6 Å². The van der Waals surface area contributed by atoms with Gasteiger partial charge in [0, 0.05) is 23.3 Å². The summed E-state index contributed by atoms with van der Waals surface area (Å²) in [6.45, 7) is -0.158. The number of carboxylic acid groups (broad SMARTS) is 1. The molecule has 4 aromatic heterocycles. The van der Waals surface area contributed by atoms with Gasteiger partial charge in [0.15, 0.2) is 0 Å². The topological polar surface area (TPSA) is 127 Å². The Labute approximate surface area is 167 Å². The second-order valence-electron chi connectivity index (χ2n) is 6.05. The summed E-state index contributed by atoms with van der Waals surface area (Å²) in [5, 5.41) is 13.4. The predicted molar refractivity (Wildman–Crippen MR) is 105 cm³/mol. The lowest BCUT2D eigenvalue weighted by molar-refractivity contribution is -0.121. The lowest BCUT2D eigenvalue weighted by Crippen LogP contribution is -2.33. The van der Waals surface area contributed by atoms with Gasteiger partial charge in [-0.1, -0.05) is 0 Å². The highest BCUT2D eigenvalue weighted by molar-refractivity contribution is 7.17. The number of rotatable bonds is 6. The monoisotopic (exact) mass is 410 g/mol. The Morgan fingerprint density at radius 2 is 2.03 bits per heavy atom. The van der Waals surface area contributed by atoms with Gasteiger partial charge in [-0.3, -0.25) is 19.1 Å². The Balaban J connectivity index is 1.77. The third-order valence-corrected chi connectivity index (χ3v) is 5.08. The number of amides is 1. The minimum atomic E-state index is -1.22. The molecule has 0 aliphatic rings. The van der Waals surface area contributed by atoms with E-state index in [1.807, 2.05) is 0 Å². The van der Waals surface area contributed by atoms with Gasteiger partial charge in [-0.15, -0.1) is 11.3 Å². The molecular formula is C19H14N4O5S. The fourth-order valence-electron chi connectivity index (χ4n) is 2.85. The molecule has 0 saturated heterocycles. The molecule has 0 unspecified atom stereocenters. The zero-order chi connectivity index (χ0) is 20.4. The molecule has 2 N–H and O–H groups in total. The SMILES string of the molecule is O=C(Cn1c(-c2ccncc2)nc2scc(C(=O)O)c2c1=O)NCc1ccco1. The van der Waals surface area contributed by atoms with E-state index in [0.717, 1.165) is 11.3 Å². The van der Waals surface area contributed by atoms with Crippen molar-refractivity contribution in [2.45, 2.75) is 13.1 Å². The summed E-state index contributed by atoms with van der Waals surface area (Å²) in [6.07, 6.45) is 4.59. The van der Waals surface area contributed by atoms with E-state index in [1.54, 1.807) is 36.7 Å². The Kier molecular flexibility index (Phi) is 4.92. The number of furan rings is 1. The van der Waals surface area contributed by atoms with Crippen LogP contribution in [-0.2, 0) is 17.9 Å². The molecule has 29 heavy (non-hydrogen) atoms. The van der Waals surface area contributed by atoms with Crippen LogP contribution in [0.4, 0.5) is 0 Å². The molecule has 0 saturated carbocycles. The molecule has 146 valence electrons. The lowest BCUT2D eigenvalue weighted by atomic mass is 10.2. The molecule has 4 rings (SSSR count). The van der Waals surface area contributed by atoms with Gasteiger partial charge in [-0.05, 0) is 24.3 Å². The number of carbonyl (C=O) groups excluding carboxylic acids is 1. The van der Waals surface area contributed by atoms with E-state index in [9.17, 15) is 19.5 Å². The van der Waals surface area contributed by atoms with Crippen molar-refractivity contribution in [3.8, 4) is 11.4 Å². The van der Waals surface area contributed by atoms with Crippen LogP contribution in [0, 0.1) is 0 Å². The molecule has 0 aromatic carbocycles. The summed E-state index contributed by atoms with van der Waals surface area (Å²) < 4.78 is 6.35. The molecule has 0 aliphatic heterocycles. The second kappa shape index (κ2) is 7.68. The third kappa shape index (κ3) is 3.65. The molecule has 0 radical (unpaired) electrons. The van der Waals surface area contributed by atoms with Gasteiger partial charge < -0.3 is 14.8 Å². The molecule has 0 bridgehead atoms. The predicted octanol–water partition coefficient (Wildman–Crippen LogP) is 2.13. The standard InChI is InChI=1S/C19H14N4O5S/c24-14(21-8-12-2-1-7-28-12)9-23-16(11-3-5-20-6-4-11)22-17-15(18(23)25)13(10-29-17)19(26)27/h1-7,10H,8-9H2,(H,21,24)(H,26,27). The van der Waals surface area contributed by atoms with Crippen molar-refractivity contribution in [2.75, 3.05) is 0 Å². The molecular weight excluding hydrogens is 396 g/mol. The number of nitrogens with one attached hydrogen (secondary N) is 1. The lowest BCUT2D eigenvalue weighted by Gasteiger charge is -2.12. The Morgan fingerprint density at radius 3 is 2.72 bits per heavy atom. The van der Waals surface area contributed by atoms with Gasteiger partial charge in [-0.25, -0.2) is 9.78 Å². The van der Waals surface area contributed by atoms with E-state index < -0.39 is 17.4 Å². The number of pyridine rings is 1. The normalized spacial score (nSPS) is 10.9. The molecule has 10 heteroatoms. The van der Waals surface area contributed by atoms with Crippen LogP contribution in [0.15, 0.2) is 57.5 Å². The number of nitrogens with zero attached hydrogens (tertiary/aromatic N) is 3. The van der Waals surface area contributed by atoms with Crippen molar-refractivity contribution in [3.63, 3.8) is 0 Å². The largest absolute Gasteiger partial charge is 0.478 e. The third-order valence-electron chi connectivity index (χ3n) is 4.20. The maximum absolute atomic E-state index is 13.1. The summed E-state index contributed by atoms with van der Waals surface area (Å²) in [4.78, 5) is 45.8. The minimum absolute atomic E-state index is 0.0147. The van der Waals surface area contributed by atoms with Gasteiger partial charge >= 0.3 is 5.97 Å². The van der Waals surface area contributed by atoms with E-state index in [2.05, 4.69) is 15.3 Å². The summed E-state index contributed by atoms with van der Waals surface area (Å²) in [5.74, 6) is -0.829. The van der Waals surface area contributed by atoms with Crippen molar-refractivity contribution < 1.29 is 19.1 Å². The van der Waals surface area contributed by atoms with Crippen LogP contribution in [0.3, 0.4) is 0 Å². The van der Waals surface area contributed by atoms with Crippen molar-refractivity contribution >= 4 is 33.4 Å². The molecule has 0 aliphatic carbocycles. The Bertz CT molecular complexity index is 1250. The maximum Gasteiger partial charge on any atom is 0.337 e. The molecule has 0 spiro atoms. The number of fused-ring (bicyclic) bond motifs is 1. The zero-order valence-electron chi connectivity index (χ0n) is 14.9. The highest BCUT2D eigenvalue weighted by Gasteiger charge is 2.21. The summed E-state index contributed by atoms with van der Waals surface area (Å²) in [6, 6.07) is 6.75. The van der Waals surface area contributed by atoms with E-state index in [1.165, 1.54) is 16.2 Å². The number of aromatic carboxylic acids is 1. The first-order valence-electron chi connectivity index (χ1n) is 8.49. The first-order valence-corrected chi connectivity index (χ1v) is 9.37. The fourth-order valence-corrected chi connectivity index (χ4v) is 3.75. The number of thiophene rings is 1. The highest BCUT2D eigenvalue weighted by Crippen LogP contribution is 2.25. The quantitative estimate of drug-likeness (QED) is 0.498. The first-order chi connectivity index (χ1) is 14.0. The van der Waals surface area contributed by atoms with E-state index in [4.69, 9.17) is 4.42 Å². The van der Waals surface area contributed by atoms with Gasteiger partial charge in [-0.2, -0.15) is 0 Å². The van der Waals surface area contributed by atoms with Crippen LogP contribution >= 0.6 is 11.3 Å². The van der Waals surface area contributed by atoms with Crippen molar-refractivity contribution in [2.24, 2.45) is 0 Å². The highest BCUT2D eigenvalue weighted by atomic mass is 32.1. The van der Waals surface area contributed by atoms with E-state index >= 15 is 0 Å². The van der Waals surface area contributed by atoms with Crippen LogP contribution in [0.1, 0.15) is 16.1 Å². The fraction of sp³-hybridized carbons (Fsp3) is 0.105. The van der Waals surface area contributed by atoms with Crippen LogP contribution in [-0.4, -0.2) is 31.5 Å². The van der Waals surface area contributed by atoms with Gasteiger partial charge in [0.05, 0.1) is 23.8 Å². The molecule has 0 fully saturated rings. The number of carbonyl (C=O) groups is 2. The van der Waals surface area contributed by atoms with Crippen molar-refractivity contribution in [1.82, 2.24) is 19.9 Å². The van der Waals surface area contributed by atoms with Crippen molar-refractivity contribution in [1.29, 1.82) is 0 Å². The van der Waals surface area contributed by atoms with E-state index in [0.29, 0.717) is 16.2 Å². The van der Waals surface area contributed by atoms with Crippen molar-refractivity contribution in [3.05, 3.63) is 70.0 Å². The van der Waals surface area contributed by atoms with Gasteiger partial charge in [0.25, 0.3) is 5.56 Å². The van der Waals surface area contributed by atoms with E-state index in [-0.39, 0.29) is 29.9 Å². The van der Waals surface area contributed by atoms with Gasteiger partial charge in [0.2, 0.25) is 5.91 Å². The molecule has 4 aromatic rings. The molecule has 4 heterocycles. The molecule has 1 amide bonds. The van der Waals surface area contributed by atoms with Gasteiger partial charge in [0.1, 0.15) is 23.0 Å². The summed E-state index contributed by atoms with van der Waals surface area (Å²) in [5.41, 5.74) is -0.134. The zero-order valence-corrected chi connectivity index (χ0v) is 15.7. The first kappa shape index (κ1) is 18.6. The summed E-state index contributed by atoms with van der Waals surface area (Å²) in [7, 11) is 0. The second-order valence-corrected chi connectivity index (χ2v) is 6.91. The average Bonchev–Trinajstić information content (AvgIpc) is 3.39. The van der Waals surface area contributed by atoms with Crippen LogP contribution in [0.5, 0.6) is 0 Å². The molecule has 9 nitrogen and oxygen atoms in total. The van der Waals surface area contributed by atoms with Crippen LogP contribution in [0.2, 0.25) is 0 Å².